The molecule has 108 valence electrons. The zero-order chi connectivity index (χ0) is 13.5. The van der Waals surface area contributed by atoms with Gasteiger partial charge >= 0.3 is 0 Å². The van der Waals surface area contributed by atoms with Gasteiger partial charge in [-0.2, -0.15) is 0 Å². The largest absolute Gasteiger partial charge is 0.496 e. The lowest BCUT2D eigenvalue weighted by Gasteiger charge is -2.18. The first kappa shape index (κ1) is 18.1. The number of rotatable bonds is 6. The summed E-state index contributed by atoms with van der Waals surface area (Å²) in [5.74, 6) is 0.907. The van der Waals surface area contributed by atoms with E-state index in [0.29, 0.717) is 19.5 Å². The Morgan fingerprint density at radius 1 is 1.47 bits per heavy atom. The predicted octanol–water partition coefficient (Wildman–Crippen LogP) is 2.15. The molecule has 1 amide bonds. The maximum atomic E-state index is 11.6. The predicted molar refractivity (Wildman–Crippen MR) is 82.2 cm³/mol. The van der Waals surface area contributed by atoms with E-state index in [9.17, 15) is 4.79 Å². The first-order valence-corrected chi connectivity index (χ1v) is 6.99. The second-order valence-electron chi connectivity index (χ2n) is 3.98. The zero-order valence-corrected chi connectivity index (χ0v) is 13.1. The molecule has 0 fully saturated rings. The van der Waals surface area contributed by atoms with Crippen molar-refractivity contribution >= 4 is 30.1 Å². The van der Waals surface area contributed by atoms with Crippen LogP contribution in [0.2, 0.25) is 0 Å². The third-order valence-electron chi connectivity index (χ3n) is 2.65. The van der Waals surface area contributed by atoms with Gasteiger partial charge in [0.05, 0.1) is 7.11 Å². The molecule has 6 heteroatoms. The van der Waals surface area contributed by atoms with Gasteiger partial charge in [-0.25, -0.2) is 0 Å². The number of methoxy groups -OCH3 is 1. The highest BCUT2D eigenvalue weighted by atomic mass is 35.5. The van der Waals surface area contributed by atoms with Gasteiger partial charge in [-0.05, 0) is 24.0 Å². The van der Waals surface area contributed by atoms with E-state index in [1.807, 2.05) is 24.5 Å². The van der Waals surface area contributed by atoms with Crippen LogP contribution in [-0.2, 0) is 11.3 Å². The molecule has 0 heterocycles. The summed E-state index contributed by atoms with van der Waals surface area (Å²) in [6.45, 7) is 0.960. The molecule has 0 bridgehead atoms. The molecule has 19 heavy (non-hydrogen) atoms. The van der Waals surface area contributed by atoms with Crippen LogP contribution < -0.4 is 10.5 Å². The number of carbonyl (C=O) groups is 1. The Morgan fingerprint density at radius 2 is 2.16 bits per heavy atom. The van der Waals surface area contributed by atoms with Crippen LogP contribution in [0, 0.1) is 0 Å². The minimum absolute atomic E-state index is 0. The number of nitrogens with zero attached hydrogens (tertiary/aromatic N) is 1. The van der Waals surface area contributed by atoms with E-state index in [2.05, 4.69) is 0 Å². The van der Waals surface area contributed by atoms with Crippen LogP contribution in [0.4, 0.5) is 0 Å². The minimum atomic E-state index is 0. The molecule has 0 aliphatic carbocycles. The number of halogens is 1. The number of amides is 1. The SMILES string of the molecule is COc1cc(CN(C)C(=O)CCN)ccc1SC.Cl. The van der Waals surface area contributed by atoms with E-state index in [-0.39, 0.29) is 18.3 Å². The highest BCUT2D eigenvalue weighted by molar-refractivity contribution is 7.98. The molecule has 0 atom stereocenters. The van der Waals surface area contributed by atoms with Crippen molar-refractivity contribution in [2.24, 2.45) is 5.73 Å². The van der Waals surface area contributed by atoms with E-state index in [1.54, 1.807) is 30.8 Å². The van der Waals surface area contributed by atoms with Gasteiger partial charge in [-0.15, -0.1) is 24.2 Å². The molecular formula is C13H21ClN2O2S. The van der Waals surface area contributed by atoms with Gasteiger partial charge in [0.15, 0.2) is 0 Å². The van der Waals surface area contributed by atoms with Gasteiger partial charge in [0.25, 0.3) is 0 Å². The van der Waals surface area contributed by atoms with Crippen molar-refractivity contribution in [1.29, 1.82) is 0 Å². The van der Waals surface area contributed by atoms with Crippen molar-refractivity contribution in [3.05, 3.63) is 23.8 Å². The van der Waals surface area contributed by atoms with Crippen molar-refractivity contribution in [3.8, 4) is 5.75 Å². The van der Waals surface area contributed by atoms with Crippen LogP contribution in [-0.4, -0.2) is 37.8 Å². The molecule has 0 aromatic heterocycles. The lowest BCUT2D eigenvalue weighted by molar-refractivity contribution is -0.130. The standard InChI is InChI=1S/C13H20N2O2S.ClH/c1-15(13(16)6-7-14)9-10-4-5-12(18-3)11(8-10)17-2;/h4-5,8H,6-7,9,14H2,1-3H3;1H. The first-order valence-electron chi connectivity index (χ1n) is 5.77. The number of hydrogen-bond donors (Lipinski definition) is 1. The van der Waals surface area contributed by atoms with Gasteiger partial charge in [0, 0.05) is 31.5 Å². The summed E-state index contributed by atoms with van der Waals surface area (Å²) in [7, 11) is 3.44. The van der Waals surface area contributed by atoms with E-state index in [1.165, 1.54) is 0 Å². The molecule has 0 saturated carbocycles. The Labute approximate surface area is 125 Å². The summed E-state index contributed by atoms with van der Waals surface area (Å²) in [5, 5.41) is 0. The smallest absolute Gasteiger partial charge is 0.223 e. The number of ether oxygens (including phenoxy) is 1. The maximum Gasteiger partial charge on any atom is 0.223 e. The number of hydrogen-bond acceptors (Lipinski definition) is 4. The second-order valence-corrected chi connectivity index (χ2v) is 4.83. The third kappa shape index (κ3) is 5.30. The van der Waals surface area contributed by atoms with Crippen molar-refractivity contribution in [3.63, 3.8) is 0 Å². The van der Waals surface area contributed by atoms with E-state index >= 15 is 0 Å². The van der Waals surface area contributed by atoms with Crippen molar-refractivity contribution in [2.45, 2.75) is 17.9 Å². The maximum absolute atomic E-state index is 11.6. The van der Waals surface area contributed by atoms with Crippen LogP contribution in [0.15, 0.2) is 23.1 Å². The summed E-state index contributed by atoms with van der Waals surface area (Å²) in [6.07, 6.45) is 2.39. The van der Waals surface area contributed by atoms with Crippen molar-refractivity contribution in [2.75, 3.05) is 27.0 Å². The monoisotopic (exact) mass is 304 g/mol. The van der Waals surface area contributed by atoms with Gasteiger partial charge in [0.1, 0.15) is 5.75 Å². The summed E-state index contributed by atoms with van der Waals surface area (Å²) in [4.78, 5) is 14.4. The van der Waals surface area contributed by atoms with Crippen LogP contribution in [0.5, 0.6) is 5.75 Å². The Balaban J connectivity index is 0.00000324. The molecule has 1 rings (SSSR count). The molecule has 0 aliphatic rings. The van der Waals surface area contributed by atoms with Crippen LogP contribution >= 0.6 is 24.2 Å². The number of benzene rings is 1. The molecule has 0 aliphatic heterocycles. The number of thioether (sulfide) groups is 1. The first-order chi connectivity index (χ1) is 8.62. The molecule has 4 nitrogen and oxygen atoms in total. The normalized spacial score (nSPS) is 9.68. The fourth-order valence-electron chi connectivity index (χ4n) is 1.66. The quantitative estimate of drug-likeness (QED) is 0.818. The molecular weight excluding hydrogens is 284 g/mol. The average Bonchev–Trinajstić information content (AvgIpc) is 2.38. The highest BCUT2D eigenvalue weighted by Gasteiger charge is 2.10. The lowest BCUT2D eigenvalue weighted by atomic mass is 10.2. The van der Waals surface area contributed by atoms with E-state index < -0.39 is 0 Å². The fraction of sp³-hybridized carbons (Fsp3) is 0.462. The molecule has 2 N–H and O–H groups in total. The van der Waals surface area contributed by atoms with Crippen LogP contribution in [0.25, 0.3) is 0 Å². The summed E-state index contributed by atoms with van der Waals surface area (Å²) in [5.41, 5.74) is 6.43. The van der Waals surface area contributed by atoms with Gasteiger partial charge in [-0.1, -0.05) is 6.07 Å². The highest BCUT2D eigenvalue weighted by Crippen LogP contribution is 2.28. The van der Waals surface area contributed by atoms with E-state index in [0.717, 1.165) is 16.2 Å². The summed E-state index contributed by atoms with van der Waals surface area (Å²) >= 11 is 1.64. The lowest BCUT2D eigenvalue weighted by Crippen LogP contribution is -2.27. The van der Waals surface area contributed by atoms with Crippen molar-refractivity contribution < 1.29 is 9.53 Å². The molecule has 0 spiro atoms. The third-order valence-corrected chi connectivity index (χ3v) is 3.43. The number of carbonyl (C=O) groups excluding carboxylic acids is 1. The molecule has 0 unspecified atom stereocenters. The Hall–Kier alpha value is -0.910. The summed E-state index contributed by atoms with van der Waals surface area (Å²) in [6, 6.07) is 6.00. The topological polar surface area (TPSA) is 55.6 Å². The zero-order valence-electron chi connectivity index (χ0n) is 11.5. The van der Waals surface area contributed by atoms with Gasteiger partial charge < -0.3 is 15.4 Å². The second kappa shape index (κ2) is 9.07. The fourth-order valence-corrected chi connectivity index (χ4v) is 2.20. The Bertz CT molecular complexity index is 416. The summed E-state index contributed by atoms with van der Waals surface area (Å²) < 4.78 is 5.32. The van der Waals surface area contributed by atoms with Gasteiger partial charge in [0.2, 0.25) is 5.91 Å². The average molecular weight is 305 g/mol. The number of nitrogens with two attached hydrogens (primary N) is 1. The van der Waals surface area contributed by atoms with Crippen LogP contribution in [0.1, 0.15) is 12.0 Å². The van der Waals surface area contributed by atoms with E-state index in [4.69, 9.17) is 10.5 Å². The van der Waals surface area contributed by atoms with Gasteiger partial charge in [-0.3, -0.25) is 4.79 Å². The molecule has 0 radical (unpaired) electrons. The molecule has 1 aromatic rings. The van der Waals surface area contributed by atoms with Crippen LogP contribution in [0.3, 0.4) is 0 Å². The minimum Gasteiger partial charge on any atom is -0.496 e. The molecule has 0 saturated heterocycles. The molecule has 1 aromatic carbocycles. The Morgan fingerprint density at radius 3 is 2.68 bits per heavy atom. The van der Waals surface area contributed by atoms with Crippen molar-refractivity contribution in [1.82, 2.24) is 4.90 Å². The Kier molecular flexibility index (Phi) is 8.63.